The lowest BCUT2D eigenvalue weighted by molar-refractivity contribution is 0.0397. The zero-order chi connectivity index (χ0) is 13.0. The van der Waals surface area contributed by atoms with Crippen LogP contribution in [0.25, 0.3) is 0 Å². The third-order valence-corrected chi connectivity index (χ3v) is 2.98. The number of carbonyl (C=O) groups is 2. The summed E-state index contributed by atoms with van der Waals surface area (Å²) in [5, 5.41) is 0. The van der Waals surface area contributed by atoms with Gasteiger partial charge in [-0.25, -0.2) is 9.59 Å². The van der Waals surface area contributed by atoms with E-state index in [2.05, 4.69) is 15.9 Å². The summed E-state index contributed by atoms with van der Waals surface area (Å²) in [5.74, 6) is -1.33. The van der Waals surface area contributed by atoms with Gasteiger partial charge in [-0.3, -0.25) is 0 Å². The van der Waals surface area contributed by atoms with Crippen molar-refractivity contribution >= 4 is 27.9 Å². The molecule has 0 aliphatic rings. The summed E-state index contributed by atoms with van der Waals surface area (Å²) in [5.41, 5.74) is 0.666. The zero-order valence-corrected chi connectivity index (χ0v) is 10.9. The van der Waals surface area contributed by atoms with Gasteiger partial charge in [0.25, 0.3) is 0 Å². The van der Waals surface area contributed by atoms with Crippen molar-refractivity contribution in [1.29, 1.82) is 0 Å². The zero-order valence-electron chi connectivity index (χ0n) is 9.30. The second kappa shape index (κ2) is 5.60. The number of benzene rings is 2. The Morgan fingerprint density at radius 1 is 0.833 bits per heavy atom. The summed E-state index contributed by atoms with van der Waals surface area (Å²) in [7, 11) is 0. The molecule has 2 rings (SSSR count). The molecule has 3 nitrogen and oxygen atoms in total. The molecule has 0 radical (unpaired) electrons. The van der Waals surface area contributed by atoms with Gasteiger partial charge < -0.3 is 4.74 Å². The van der Waals surface area contributed by atoms with E-state index in [4.69, 9.17) is 4.74 Å². The fourth-order valence-electron chi connectivity index (χ4n) is 1.40. The maximum Gasteiger partial charge on any atom is 0.347 e. The summed E-state index contributed by atoms with van der Waals surface area (Å²) in [6.07, 6.45) is 0. The SMILES string of the molecule is O=C(OC(=O)c1ccccc1Br)c1ccccc1. The lowest BCUT2D eigenvalue weighted by Gasteiger charge is -2.04. The van der Waals surface area contributed by atoms with Crippen LogP contribution in [0, 0.1) is 0 Å². The third kappa shape index (κ3) is 2.84. The molecule has 0 amide bonds. The highest BCUT2D eigenvalue weighted by atomic mass is 79.9. The summed E-state index contributed by atoms with van der Waals surface area (Å²) in [4.78, 5) is 23.5. The van der Waals surface area contributed by atoms with Crippen molar-refractivity contribution < 1.29 is 14.3 Å². The minimum atomic E-state index is -0.670. The van der Waals surface area contributed by atoms with Gasteiger partial charge in [0.2, 0.25) is 0 Å². The summed E-state index contributed by atoms with van der Waals surface area (Å²) in [6, 6.07) is 15.2. The maximum atomic E-state index is 11.8. The maximum absolute atomic E-state index is 11.8. The highest BCUT2D eigenvalue weighted by Gasteiger charge is 2.16. The first kappa shape index (κ1) is 12.5. The third-order valence-electron chi connectivity index (χ3n) is 2.29. The molecule has 0 fully saturated rings. The average Bonchev–Trinajstić information content (AvgIpc) is 2.40. The lowest BCUT2D eigenvalue weighted by atomic mass is 10.2. The summed E-state index contributed by atoms with van der Waals surface area (Å²) < 4.78 is 5.39. The van der Waals surface area contributed by atoms with E-state index in [0.717, 1.165) is 0 Å². The van der Waals surface area contributed by atoms with Crippen LogP contribution in [0.4, 0.5) is 0 Å². The molecule has 0 bridgehead atoms. The smallest absolute Gasteiger partial charge is 0.347 e. The first-order valence-corrected chi connectivity index (χ1v) is 6.04. The number of hydrogen-bond donors (Lipinski definition) is 0. The largest absolute Gasteiger partial charge is 0.386 e. The van der Waals surface area contributed by atoms with Crippen molar-refractivity contribution in [2.24, 2.45) is 0 Å². The van der Waals surface area contributed by atoms with Gasteiger partial charge >= 0.3 is 11.9 Å². The van der Waals surface area contributed by atoms with Crippen molar-refractivity contribution in [1.82, 2.24) is 0 Å². The Bertz CT molecular complexity index is 579. The van der Waals surface area contributed by atoms with Crippen LogP contribution >= 0.6 is 15.9 Å². The van der Waals surface area contributed by atoms with E-state index in [1.807, 2.05) is 0 Å². The molecular formula is C14H9BrO3. The van der Waals surface area contributed by atoms with E-state index in [0.29, 0.717) is 15.6 Å². The Kier molecular flexibility index (Phi) is 3.89. The van der Waals surface area contributed by atoms with Crippen LogP contribution in [-0.4, -0.2) is 11.9 Å². The molecule has 2 aromatic carbocycles. The second-order valence-corrected chi connectivity index (χ2v) is 4.38. The van der Waals surface area contributed by atoms with Crippen LogP contribution in [0.1, 0.15) is 20.7 Å². The number of carbonyl (C=O) groups excluding carboxylic acids is 2. The van der Waals surface area contributed by atoms with Crippen molar-refractivity contribution in [2.45, 2.75) is 0 Å². The number of ether oxygens (including phenoxy) is 1. The van der Waals surface area contributed by atoms with Crippen LogP contribution in [0.5, 0.6) is 0 Å². The van der Waals surface area contributed by atoms with Crippen LogP contribution < -0.4 is 0 Å². The molecule has 0 spiro atoms. The molecule has 90 valence electrons. The van der Waals surface area contributed by atoms with Gasteiger partial charge in [0.1, 0.15) is 0 Å². The Morgan fingerprint density at radius 3 is 2.11 bits per heavy atom. The molecule has 0 unspecified atom stereocenters. The Balaban J connectivity index is 2.14. The van der Waals surface area contributed by atoms with Crippen LogP contribution in [0.15, 0.2) is 59.1 Å². The number of rotatable bonds is 2. The van der Waals surface area contributed by atoms with E-state index in [1.54, 1.807) is 54.6 Å². The Labute approximate surface area is 113 Å². The van der Waals surface area contributed by atoms with Gasteiger partial charge in [-0.1, -0.05) is 30.3 Å². The van der Waals surface area contributed by atoms with Crippen molar-refractivity contribution in [3.05, 3.63) is 70.2 Å². The fourth-order valence-corrected chi connectivity index (χ4v) is 1.85. The molecule has 18 heavy (non-hydrogen) atoms. The molecule has 0 saturated carbocycles. The molecule has 0 aliphatic heterocycles. The van der Waals surface area contributed by atoms with Crippen LogP contribution in [0.2, 0.25) is 0 Å². The lowest BCUT2D eigenvalue weighted by Crippen LogP contribution is -2.13. The molecule has 0 heterocycles. The van der Waals surface area contributed by atoms with E-state index < -0.39 is 11.9 Å². The Hall–Kier alpha value is -1.94. The minimum absolute atomic E-state index is 0.321. The van der Waals surface area contributed by atoms with Crippen LogP contribution in [-0.2, 0) is 4.74 Å². The van der Waals surface area contributed by atoms with Gasteiger partial charge in [0.15, 0.2) is 0 Å². The summed E-state index contributed by atoms with van der Waals surface area (Å²) >= 11 is 3.23. The molecule has 0 aromatic heterocycles. The Morgan fingerprint density at radius 2 is 1.44 bits per heavy atom. The van der Waals surface area contributed by atoms with Gasteiger partial charge in [0.05, 0.1) is 11.1 Å². The predicted octanol–water partition coefficient (Wildman–Crippen LogP) is 3.45. The van der Waals surface area contributed by atoms with Gasteiger partial charge in [-0.15, -0.1) is 0 Å². The van der Waals surface area contributed by atoms with Gasteiger partial charge in [-0.2, -0.15) is 0 Å². The number of hydrogen-bond acceptors (Lipinski definition) is 3. The van der Waals surface area contributed by atoms with Gasteiger partial charge in [0, 0.05) is 4.47 Å². The van der Waals surface area contributed by atoms with E-state index in [1.165, 1.54) is 0 Å². The molecule has 0 aliphatic carbocycles. The highest BCUT2D eigenvalue weighted by molar-refractivity contribution is 9.10. The predicted molar refractivity (Wildman–Crippen MR) is 70.3 cm³/mol. The second-order valence-electron chi connectivity index (χ2n) is 3.52. The topological polar surface area (TPSA) is 43.4 Å². The molecule has 0 N–H and O–H groups in total. The summed E-state index contributed by atoms with van der Waals surface area (Å²) in [6.45, 7) is 0. The van der Waals surface area contributed by atoms with E-state index in [9.17, 15) is 9.59 Å². The first-order chi connectivity index (χ1) is 8.68. The standard InChI is InChI=1S/C14H9BrO3/c15-12-9-5-4-8-11(12)14(17)18-13(16)10-6-2-1-3-7-10/h1-9H. The molecule has 2 aromatic rings. The van der Waals surface area contributed by atoms with Crippen LogP contribution in [0.3, 0.4) is 0 Å². The van der Waals surface area contributed by atoms with Crippen molar-refractivity contribution in [3.63, 3.8) is 0 Å². The fraction of sp³-hybridized carbons (Fsp3) is 0. The van der Waals surface area contributed by atoms with Crippen molar-refractivity contribution in [3.8, 4) is 0 Å². The van der Waals surface area contributed by atoms with Crippen molar-refractivity contribution in [2.75, 3.05) is 0 Å². The normalized spacial score (nSPS) is 9.83. The van der Waals surface area contributed by atoms with E-state index in [-0.39, 0.29) is 0 Å². The number of esters is 2. The first-order valence-electron chi connectivity index (χ1n) is 5.24. The average molecular weight is 305 g/mol. The van der Waals surface area contributed by atoms with Gasteiger partial charge in [-0.05, 0) is 40.2 Å². The highest BCUT2D eigenvalue weighted by Crippen LogP contribution is 2.17. The molecule has 0 atom stereocenters. The minimum Gasteiger partial charge on any atom is -0.386 e. The molecular weight excluding hydrogens is 296 g/mol. The number of halogens is 1. The monoisotopic (exact) mass is 304 g/mol. The molecule has 4 heteroatoms. The quantitative estimate of drug-likeness (QED) is 0.630. The molecule has 0 saturated heterocycles. The van der Waals surface area contributed by atoms with E-state index >= 15 is 0 Å².